The quantitative estimate of drug-likeness (QED) is 0.939. The predicted molar refractivity (Wildman–Crippen MR) is 83.5 cm³/mol. The van der Waals surface area contributed by atoms with Gasteiger partial charge in [-0.05, 0) is 30.7 Å². The molecule has 4 rings (SSSR count). The Morgan fingerprint density at radius 1 is 1.39 bits per heavy atom. The third-order valence-electron chi connectivity index (χ3n) is 4.66. The van der Waals surface area contributed by atoms with Gasteiger partial charge in [0.15, 0.2) is 11.6 Å². The molecule has 4 heterocycles. The largest absolute Gasteiger partial charge is 0.468 e. The molecule has 1 spiro atoms. The van der Waals surface area contributed by atoms with Crippen LogP contribution in [0.3, 0.4) is 0 Å². The molecule has 122 valence electrons. The molecule has 2 aliphatic heterocycles. The molecule has 2 saturated heterocycles. The summed E-state index contributed by atoms with van der Waals surface area (Å²) in [5.74, 6) is 0.966. The number of anilines is 1. The molecular formula is C17H20FN3O2. The van der Waals surface area contributed by atoms with Crippen LogP contribution >= 0.6 is 0 Å². The smallest absolute Gasteiger partial charge is 0.165 e. The highest BCUT2D eigenvalue weighted by Gasteiger charge is 2.45. The lowest BCUT2D eigenvalue weighted by Crippen LogP contribution is -2.33. The topological polar surface area (TPSA) is 50.5 Å². The van der Waals surface area contributed by atoms with Gasteiger partial charge in [0.2, 0.25) is 0 Å². The number of rotatable bonds is 4. The van der Waals surface area contributed by atoms with Crippen LogP contribution in [0.1, 0.15) is 18.6 Å². The first-order valence-corrected chi connectivity index (χ1v) is 7.98. The maximum Gasteiger partial charge on any atom is 0.165 e. The Morgan fingerprint density at radius 3 is 3.17 bits per heavy atom. The number of nitrogens with one attached hydrogen (secondary N) is 1. The van der Waals surface area contributed by atoms with E-state index in [1.54, 1.807) is 18.5 Å². The van der Waals surface area contributed by atoms with Crippen LogP contribution in [0.5, 0.6) is 0 Å². The highest BCUT2D eigenvalue weighted by Crippen LogP contribution is 2.36. The molecule has 2 atom stereocenters. The molecule has 0 bridgehead atoms. The molecular weight excluding hydrogens is 297 g/mol. The van der Waals surface area contributed by atoms with Crippen LogP contribution < -0.4 is 5.32 Å². The lowest BCUT2D eigenvalue weighted by atomic mass is 9.97. The third kappa shape index (κ3) is 3.09. The average Bonchev–Trinajstić information content (AvgIpc) is 3.26. The summed E-state index contributed by atoms with van der Waals surface area (Å²) in [4.78, 5) is 6.41. The zero-order valence-electron chi connectivity index (χ0n) is 12.9. The van der Waals surface area contributed by atoms with Crippen LogP contribution in [0.2, 0.25) is 0 Å². The summed E-state index contributed by atoms with van der Waals surface area (Å²) in [6.07, 6.45) is 5.17. The van der Waals surface area contributed by atoms with Gasteiger partial charge >= 0.3 is 0 Å². The normalized spacial score (nSPS) is 27.8. The van der Waals surface area contributed by atoms with Crippen LogP contribution in [0, 0.1) is 5.82 Å². The van der Waals surface area contributed by atoms with Crippen LogP contribution in [-0.4, -0.2) is 41.2 Å². The van der Waals surface area contributed by atoms with Gasteiger partial charge in [-0.25, -0.2) is 9.37 Å². The second-order valence-corrected chi connectivity index (χ2v) is 6.41. The first-order valence-electron chi connectivity index (χ1n) is 7.98. The predicted octanol–water partition coefficient (Wildman–Crippen LogP) is 2.66. The van der Waals surface area contributed by atoms with E-state index in [9.17, 15) is 4.39 Å². The highest BCUT2D eigenvalue weighted by atomic mass is 19.1. The second-order valence-electron chi connectivity index (χ2n) is 6.41. The van der Waals surface area contributed by atoms with Crippen molar-refractivity contribution in [3.05, 3.63) is 48.3 Å². The van der Waals surface area contributed by atoms with Crippen LogP contribution in [0.4, 0.5) is 10.2 Å². The fraction of sp³-hybridized carbons (Fsp3) is 0.471. The van der Waals surface area contributed by atoms with E-state index in [0.717, 1.165) is 38.2 Å². The van der Waals surface area contributed by atoms with E-state index in [2.05, 4.69) is 15.2 Å². The minimum absolute atomic E-state index is 0.1000. The Kier molecular flexibility index (Phi) is 3.79. The third-order valence-corrected chi connectivity index (χ3v) is 4.66. The lowest BCUT2D eigenvalue weighted by molar-refractivity contribution is 0.0115. The van der Waals surface area contributed by atoms with Crippen molar-refractivity contribution in [2.45, 2.75) is 31.0 Å². The Morgan fingerprint density at radius 2 is 2.35 bits per heavy atom. The van der Waals surface area contributed by atoms with Crippen LogP contribution in [0.25, 0.3) is 0 Å². The van der Waals surface area contributed by atoms with Gasteiger partial charge in [0.25, 0.3) is 0 Å². The van der Waals surface area contributed by atoms with E-state index in [4.69, 9.17) is 9.15 Å². The first-order chi connectivity index (χ1) is 11.2. The fourth-order valence-corrected chi connectivity index (χ4v) is 3.59. The monoisotopic (exact) mass is 317 g/mol. The molecule has 2 fully saturated rings. The highest BCUT2D eigenvalue weighted by molar-refractivity contribution is 5.37. The van der Waals surface area contributed by atoms with Crippen molar-refractivity contribution < 1.29 is 13.5 Å². The second kappa shape index (κ2) is 5.94. The average molecular weight is 317 g/mol. The molecule has 2 aromatic rings. The van der Waals surface area contributed by atoms with Crippen molar-refractivity contribution in [3.8, 4) is 0 Å². The van der Waals surface area contributed by atoms with E-state index in [0.29, 0.717) is 12.4 Å². The summed E-state index contributed by atoms with van der Waals surface area (Å²) in [7, 11) is 0. The van der Waals surface area contributed by atoms with E-state index >= 15 is 0 Å². The van der Waals surface area contributed by atoms with Gasteiger partial charge in [-0.1, -0.05) is 0 Å². The molecule has 0 aromatic carbocycles. The van der Waals surface area contributed by atoms with Crippen molar-refractivity contribution in [1.82, 2.24) is 9.88 Å². The molecule has 5 nitrogen and oxygen atoms in total. The molecule has 2 aliphatic rings. The first kappa shape index (κ1) is 14.7. The molecule has 1 N–H and O–H groups in total. The molecule has 0 aliphatic carbocycles. The van der Waals surface area contributed by atoms with Crippen molar-refractivity contribution in [3.63, 3.8) is 0 Å². The number of likely N-dealkylation sites (tertiary alicyclic amines) is 1. The summed E-state index contributed by atoms with van der Waals surface area (Å²) in [5, 5.41) is 3.17. The van der Waals surface area contributed by atoms with E-state index in [-0.39, 0.29) is 17.5 Å². The van der Waals surface area contributed by atoms with E-state index in [1.165, 1.54) is 6.07 Å². The minimum atomic E-state index is -0.320. The number of aromatic nitrogens is 1. The zero-order chi connectivity index (χ0) is 15.7. The minimum Gasteiger partial charge on any atom is -0.468 e. The molecule has 0 unspecified atom stereocenters. The summed E-state index contributed by atoms with van der Waals surface area (Å²) in [6.45, 7) is 3.28. The number of furan rings is 1. The molecule has 2 aromatic heterocycles. The van der Waals surface area contributed by atoms with Gasteiger partial charge < -0.3 is 14.5 Å². The maximum absolute atomic E-state index is 13.7. The number of ether oxygens (including phenoxy) is 1. The Labute approximate surface area is 134 Å². The van der Waals surface area contributed by atoms with Gasteiger partial charge in [0, 0.05) is 25.7 Å². The lowest BCUT2D eigenvalue weighted by Gasteiger charge is -2.23. The van der Waals surface area contributed by atoms with Gasteiger partial charge in [-0.3, -0.25) is 4.90 Å². The standard InChI is InChI=1S/C17H20FN3O2/c18-15-4-1-6-19-16(15)20-13-9-17(23-11-13)5-7-21(12-17)10-14-3-2-8-22-14/h1-4,6,8,13H,5,7,9-12H2,(H,19,20)/t13-,17+/m1/s1. The zero-order valence-corrected chi connectivity index (χ0v) is 12.9. The molecule has 23 heavy (non-hydrogen) atoms. The van der Waals surface area contributed by atoms with E-state index in [1.807, 2.05) is 12.1 Å². The van der Waals surface area contributed by atoms with Gasteiger partial charge in [-0.15, -0.1) is 0 Å². The Balaban J connectivity index is 1.36. The summed E-state index contributed by atoms with van der Waals surface area (Å²) >= 11 is 0. The molecule has 0 radical (unpaired) electrons. The van der Waals surface area contributed by atoms with Crippen molar-refractivity contribution >= 4 is 5.82 Å². The van der Waals surface area contributed by atoms with E-state index < -0.39 is 0 Å². The summed E-state index contributed by atoms with van der Waals surface area (Å²) in [6, 6.07) is 7.02. The van der Waals surface area contributed by atoms with Crippen LogP contribution in [0.15, 0.2) is 41.1 Å². The number of pyridine rings is 1. The van der Waals surface area contributed by atoms with Crippen molar-refractivity contribution in [2.75, 3.05) is 25.0 Å². The molecule has 0 amide bonds. The SMILES string of the molecule is Fc1cccnc1N[C@H]1CO[C@@]2(CCN(Cc3ccco3)C2)C1. The molecule has 0 saturated carbocycles. The summed E-state index contributed by atoms with van der Waals surface area (Å²) < 4.78 is 25.2. The number of hydrogen-bond acceptors (Lipinski definition) is 5. The van der Waals surface area contributed by atoms with Crippen molar-refractivity contribution in [2.24, 2.45) is 0 Å². The van der Waals surface area contributed by atoms with Crippen molar-refractivity contribution in [1.29, 1.82) is 0 Å². The summed E-state index contributed by atoms with van der Waals surface area (Å²) in [5.41, 5.74) is -0.129. The fourth-order valence-electron chi connectivity index (χ4n) is 3.59. The Hall–Kier alpha value is -1.92. The van der Waals surface area contributed by atoms with Gasteiger partial charge in [-0.2, -0.15) is 0 Å². The van der Waals surface area contributed by atoms with Gasteiger partial charge in [0.05, 0.1) is 31.1 Å². The van der Waals surface area contributed by atoms with Crippen LogP contribution in [-0.2, 0) is 11.3 Å². The number of hydrogen-bond donors (Lipinski definition) is 1. The number of nitrogens with zero attached hydrogens (tertiary/aromatic N) is 2. The number of halogens is 1. The Bertz CT molecular complexity index is 664. The maximum atomic E-state index is 13.7. The van der Waals surface area contributed by atoms with Gasteiger partial charge in [0.1, 0.15) is 5.76 Å². The molecule has 6 heteroatoms.